The van der Waals surface area contributed by atoms with Gasteiger partial charge in [0.15, 0.2) is 17.2 Å². The maximum absolute atomic E-state index is 13.6. The van der Waals surface area contributed by atoms with Gasteiger partial charge in [0.1, 0.15) is 0 Å². The Morgan fingerprint density at radius 3 is 2.60 bits per heavy atom. The summed E-state index contributed by atoms with van der Waals surface area (Å²) in [7, 11) is 0. The quantitative estimate of drug-likeness (QED) is 0.790. The highest BCUT2D eigenvalue weighted by atomic mass is 19.1. The highest BCUT2D eigenvalue weighted by molar-refractivity contribution is 5.99. The summed E-state index contributed by atoms with van der Waals surface area (Å²) in [6.45, 7) is 2.28. The van der Waals surface area contributed by atoms with Gasteiger partial charge >= 0.3 is 0 Å². The Labute approximate surface area is 115 Å². The second-order valence-electron chi connectivity index (χ2n) is 5.00. The van der Waals surface area contributed by atoms with Gasteiger partial charge in [-0.1, -0.05) is 12.1 Å². The van der Waals surface area contributed by atoms with E-state index in [-0.39, 0.29) is 11.3 Å². The summed E-state index contributed by atoms with van der Waals surface area (Å²) in [5.74, 6) is -1.18. The van der Waals surface area contributed by atoms with E-state index in [9.17, 15) is 9.18 Å². The van der Waals surface area contributed by atoms with Crippen molar-refractivity contribution in [2.45, 2.75) is 19.4 Å². The molecule has 3 N–H and O–H groups in total. The first kappa shape index (κ1) is 14.5. The number of hydrogen-bond donors (Lipinski definition) is 3. The molecule has 5 nitrogen and oxygen atoms in total. The van der Waals surface area contributed by atoms with E-state index < -0.39 is 30.5 Å². The number of furan rings is 1. The standard InChI is InChI=1S/C14H16FNO4/c1-8-9-4-3-5-10(15)12(9)20-11(8)13(19)16-14(2,6-17)7-18/h3-5,17-18H,6-7H2,1-2H3,(H,16,19). The zero-order chi connectivity index (χ0) is 14.9. The molecule has 0 bridgehead atoms. The smallest absolute Gasteiger partial charge is 0.287 e. The number of fused-ring (bicyclic) bond motifs is 1. The molecule has 1 heterocycles. The average molecular weight is 281 g/mol. The second kappa shape index (κ2) is 5.22. The zero-order valence-electron chi connectivity index (χ0n) is 11.2. The maximum atomic E-state index is 13.6. The molecule has 0 saturated carbocycles. The number of benzene rings is 1. The van der Waals surface area contributed by atoms with Gasteiger partial charge in [0.2, 0.25) is 0 Å². The zero-order valence-corrected chi connectivity index (χ0v) is 11.2. The first-order valence-electron chi connectivity index (χ1n) is 6.13. The Morgan fingerprint density at radius 2 is 2.05 bits per heavy atom. The van der Waals surface area contributed by atoms with Crippen molar-refractivity contribution in [1.82, 2.24) is 5.32 Å². The van der Waals surface area contributed by atoms with Crippen LogP contribution >= 0.6 is 0 Å². The van der Waals surface area contributed by atoms with Crippen LogP contribution in [-0.4, -0.2) is 34.9 Å². The predicted molar refractivity (Wildman–Crippen MR) is 71.0 cm³/mol. The van der Waals surface area contributed by atoms with E-state index in [1.165, 1.54) is 19.1 Å². The molecule has 0 aliphatic heterocycles. The largest absolute Gasteiger partial charge is 0.448 e. The van der Waals surface area contributed by atoms with Crippen molar-refractivity contribution in [3.05, 3.63) is 35.3 Å². The fraction of sp³-hybridized carbons (Fsp3) is 0.357. The number of aliphatic hydroxyl groups excluding tert-OH is 2. The molecule has 0 unspecified atom stereocenters. The maximum Gasteiger partial charge on any atom is 0.287 e. The van der Waals surface area contributed by atoms with Gasteiger partial charge in [-0.05, 0) is 19.9 Å². The minimum absolute atomic E-state index is 0.0184. The van der Waals surface area contributed by atoms with Crippen LogP contribution in [0.3, 0.4) is 0 Å². The highest BCUT2D eigenvalue weighted by Crippen LogP contribution is 2.27. The summed E-state index contributed by atoms with van der Waals surface area (Å²) < 4.78 is 18.9. The Morgan fingerprint density at radius 1 is 1.40 bits per heavy atom. The Kier molecular flexibility index (Phi) is 3.78. The van der Waals surface area contributed by atoms with Gasteiger partial charge in [-0.2, -0.15) is 0 Å². The number of aryl methyl sites for hydroxylation is 1. The molecule has 20 heavy (non-hydrogen) atoms. The van der Waals surface area contributed by atoms with Gasteiger partial charge in [-0.15, -0.1) is 0 Å². The van der Waals surface area contributed by atoms with E-state index in [0.717, 1.165) is 0 Å². The number of halogens is 1. The lowest BCUT2D eigenvalue weighted by Crippen LogP contribution is -2.51. The summed E-state index contributed by atoms with van der Waals surface area (Å²) in [6.07, 6.45) is 0. The van der Waals surface area contributed by atoms with Gasteiger partial charge in [0.25, 0.3) is 5.91 Å². The Balaban J connectivity index is 2.41. The van der Waals surface area contributed by atoms with E-state index in [0.29, 0.717) is 10.9 Å². The lowest BCUT2D eigenvalue weighted by atomic mass is 10.0. The molecule has 2 aromatic rings. The van der Waals surface area contributed by atoms with E-state index >= 15 is 0 Å². The molecule has 6 heteroatoms. The van der Waals surface area contributed by atoms with Crippen molar-refractivity contribution in [3.63, 3.8) is 0 Å². The van der Waals surface area contributed by atoms with E-state index in [2.05, 4.69) is 5.32 Å². The van der Waals surface area contributed by atoms with Crippen molar-refractivity contribution >= 4 is 16.9 Å². The number of aliphatic hydroxyl groups is 2. The number of carbonyl (C=O) groups is 1. The molecule has 0 aliphatic carbocycles. The van der Waals surface area contributed by atoms with Crippen LogP contribution in [0.4, 0.5) is 4.39 Å². The third-order valence-electron chi connectivity index (χ3n) is 3.24. The minimum atomic E-state index is -1.17. The molecule has 0 spiro atoms. The van der Waals surface area contributed by atoms with Gasteiger partial charge < -0.3 is 19.9 Å². The van der Waals surface area contributed by atoms with Crippen LogP contribution in [0, 0.1) is 12.7 Å². The van der Waals surface area contributed by atoms with Crippen molar-refractivity contribution in [3.8, 4) is 0 Å². The third-order valence-corrected chi connectivity index (χ3v) is 3.24. The Hall–Kier alpha value is -1.92. The summed E-state index contributed by atoms with van der Waals surface area (Å²) in [6, 6.07) is 4.44. The average Bonchev–Trinajstić information content (AvgIpc) is 2.78. The van der Waals surface area contributed by atoms with Crippen molar-refractivity contribution in [2.75, 3.05) is 13.2 Å². The van der Waals surface area contributed by atoms with Crippen molar-refractivity contribution in [1.29, 1.82) is 0 Å². The fourth-order valence-corrected chi connectivity index (χ4v) is 1.89. The van der Waals surface area contributed by atoms with E-state index in [1.54, 1.807) is 13.0 Å². The molecule has 1 aromatic carbocycles. The third kappa shape index (κ3) is 2.39. The molecule has 0 atom stereocenters. The highest BCUT2D eigenvalue weighted by Gasteiger charge is 2.28. The normalized spacial score (nSPS) is 11.8. The predicted octanol–water partition coefficient (Wildman–Crippen LogP) is 1.35. The number of amides is 1. The number of para-hydroxylation sites is 1. The molecular formula is C14H16FNO4. The van der Waals surface area contributed by atoms with Gasteiger partial charge in [-0.25, -0.2) is 4.39 Å². The van der Waals surface area contributed by atoms with E-state index in [1.807, 2.05) is 0 Å². The topological polar surface area (TPSA) is 82.7 Å². The monoisotopic (exact) mass is 281 g/mol. The molecular weight excluding hydrogens is 265 g/mol. The number of rotatable bonds is 4. The number of hydrogen-bond acceptors (Lipinski definition) is 4. The molecule has 0 saturated heterocycles. The lowest BCUT2D eigenvalue weighted by Gasteiger charge is -2.25. The first-order chi connectivity index (χ1) is 9.41. The van der Waals surface area contributed by atoms with Crippen LogP contribution in [0.15, 0.2) is 22.6 Å². The van der Waals surface area contributed by atoms with Gasteiger partial charge in [0.05, 0.1) is 18.8 Å². The Bertz CT molecular complexity index is 646. The van der Waals surface area contributed by atoms with Crippen molar-refractivity contribution in [2.24, 2.45) is 0 Å². The summed E-state index contributed by atoms with van der Waals surface area (Å²) in [5.41, 5.74) is -0.638. The summed E-state index contributed by atoms with van der Waals surface area (Å²) in [4.78, 5) is 12.1. The van der Waals surface area contributed by atoms with Crippen LogP contribution in [0.2, 0.25) is 0 Å². The molecule has 0 aliphatic rings. The molecule has 0 fully saturated rings. The van der Waals surface area contributed by atoms with Crippen LogP contribution in [-0.2, 0) is 0 Å². The number of nitrogens with one attached hydrogen (secondary N) is 1. The molecule has 2 rings (SSSR count). The fourth-order valence-electron chi connectivity index (χ4n) is 1.89. The van der Waals surface area contributed by atoms with Gasteiger partial charge in [0, 0.05) is 10.9 Å². The van der Waals surface area contributed by atoms with Crippen molar-refractivity contribution < 1.29 is 23.8 Å². The van der Waals surface area contributed by atoms with Gasteiger partial charge in [-0.3, -0.25) is 4.79 Å². The van der Waals surface area contributed by atoms with E-state index in [4.69, 9.17) is 14.6 Å². The molecule has 1 aromatic heterocycles. The minimum Gasteiger partial charge on any atom is -0.448 e. The van der Waals surface area contributed by atoms with Crippen LogP contribution in [0.5, 0.6) is 0 Å². The molecule has 1 amide bonds. The van der Waals surface area contributed by atoms with Crippen LogP contribution < -0.4 is 5.32 Å². The second-order valence-corrected chi connectivity index (χ2v) is 5.00. The summed E-state index contributed by atoms with van der Waals surface area (Å²) >= 11 is 0. The molecule has 0 radical (unpaired) electrons. The first-order valence-corrected chi connectivity index (χ1v) is 6.13. The SMILES string of the molecule is Cc1c(C(=O)NC(C)(CO)CO)oc2c(F)cccc12. The lowest BCUT2D eigenvalue weighted by molar-refractivity contribution is 0.0701. The number of carbonyl (C=O) groups excluding carboxylic acids is 1. The van der Waals surface area contributed by atoms with Crippen LogP contribution in [0.25, 0.3) is 11.0 Å². The molecule has 108 valence electrons. The van der Waals surface area contributed by atoms with Crippen LogP contribution in [0.1, 0.15) is 23.0 Å². The summed E-state index contributed by atoms with van der Waals surface area (Å²) in [5, 5.41) is 21.3.